The van der Waals surface area contributed by atoms with Crippen molar-refractivity contribution in [2.75, 3.05) is 12.4 Å². The molecule has 0 aliphatic rings. The summed E-state index contributed by atoms with van der Waals surface area (Å²) < 4.78 is 1.47. The monoisotopic (exact) mass is 330 g/mol. The molecule has 0 fully saturated rings. The second-order valence-corrected chi connectivity index (χ2v) is 5.74. The molecule has 0 spiro atoms. The predicted octanol–water partition coefficient (Wildman–Crippen LogP) is 1.09. The fraction of sp³-hybridized carbons (Fsp3) is 0.200. The summed E-state index contributed by atoms with van der Waals surface area (Å²) in [4.78, 5) is 31.1. The number of carbonyl (C=O) groups excluding carboxylic acids is 1. The summed E-state index contributed by atoms with van der Waals surface area (Å²) in [6.45, 7) is 0.160. The van der Waals surface area contributed by atoms with Crippen LogP contribution in [0.1, 0.15) is 10.4 Å². The molecule has 0 unspecified atom stereocenters. The first-order valence-electron chi connectivity index (χ1n) is 6.97. The highest BCUT2D eigenvalue weighted by atomic mass is 32.2. The summed E-state index contributed by atoms with van der Waals surface area (Å²) in [5.74, 6) is 0.134. The van der Waals surface area contributed by atoms with Gasteiger partial charge >= 0.3 is 0 Å². The fourth-order valence-corrected chi connectivity index (χ4v) is 2.86. The molecular formula is C15H14N4O3S. The van der Waals surface area contributed by atoms with Crippen molar-refractivity contribution in [1.82, 2.24) is 19.7 Å². The topological polar surface area (TPSA) is 101 Å². The van der Waals surface area contributed by atoms with Crippen LogP contribution in [0.5, 0.6) is 0 Å². The number of nitrogens with zero attached hydrogens (tertiary/aromatic N) is 3. The van der Waals surface area contributed by atoms with Crippen LogP contribution in [0.15, 0.2) is 46.5 Å². The quantitative estimate of drug-likeness (QED) is 0.398. The molecule has 1 aromatic carbocycles. The number of ketones is 1. The molecule has 0 saturated carbocycles. The summed E-state index contributed by atoms with van der Waals surface area (Å²) in [6, 6.07) is 8.95. The minimum absolute atomic E-state index is 0.0396. The highest BCUT2D eigenvalue weighted by molar-refractivity contribution is 7.99. The van der Waals surface area contributed by atoms with Gasteiger partial charge in [0.05, 0.1) is 25.1 Å². The van der Waals surface area contributed by atoms with Crippen molar-refractivity contribution in [2.45, 2.75) is 11.7 Å². The molecule has 118 valence electrons. The smallest absolute Gasteiger partial charge is 0.262 e. The van der Waals surface area contributed by atoms with Gasteiger partial charge in [0.15, 0.2) is 16.6 Å². The Hall–Kier alpha value is -2.45. The molecule has 0 radical (unpaired) electrons. The molecule has 0 bridgehead atoms. The Bertz CT molecular complexity index is 889. The van der Waals surface area contributed by atoms with Crippen molar-refractivity contribution < 1.29 is 9.90 Å². The number of aliphatic hydroxyl groups is 1. The summed E-state index contributed by atoms with van der Waals surface area (Å²) in [5.41, 5.74) is 0.708. The Morgan fingerprint density at radius 2 is 2.09 bits per heavy atom. The Kier molecular flexibility index (Phi) is 4.54. The van der Waals surface area contributed by atoms with Gasteiger partial charge in [0.25, 0.3) is 5.56 Å². The number of H-pyrrole nitrogens is 1. The zero-order valence-electron chi connectivity index (χ0n) is 12.1. The van der Waals surface area contributed by atoms with E-state index in [1.165, 1.54) is 10.9 Å². The molecule has 0 atom stereocenters. The largest absolute Gasteiger partial charge is 0.394 e. The number of hydrogen-bond donors (Lipinski definition) is 2. The zero-order chi connectivity index (χ0) is 16.2. The maximum absolute atomic E-state index is 12.1. The second-order valence-electron chi connectivity index (χ2n) is 4.78. The van der Waals surface area contributed by atoms with Gasteiger partial charge in [-0.15, -0.1) is 0 Å². The fourth-order valence-electron chi connectivity index (χ4n) is 2.11. The number of benzene rings is 1. The van der Waals surface area contributed by atoms with E-state index in [4.69, 9.17) is 5.11 Å². The van der Waals surface area contributed by atoms with Crippen LogP contribution in [0.4, 0.5) is 0 Å². The van der Waals surface area contributed by atoms with Gasteiger partial charge in [0, 0.05) is 5.56 Å². The molecule has 8 heteroatoms. The number of carbonyl (C=O) groups is 1. The average Bonchev–Trinajstić information content (AvgIpc) is 2.97. The Morgan fingerprint density at radius 3 is 2.83 bits per heavy atom. The molecule has 0 aliphatic heterocycles. The Labute approximate surface area is 135 Å². The molecule has 7 nitrogen and oxygen atoms in total. The highest BCUT2D eigenvalue weighted by Crippen LogP contribution is 2.16. The molecule has 2 N–H and O–H groups in total. The molecule has 0 saturated heterocycles. The van der Waals surface area contributed by atoms with Gasteiger partial charge in [-0.25, -0.2) is 9.67 Å². The van der Waals surface area contributed by atoms with E-state index in [9.17, 15) is 9.59 Å². The SMILES string of the molecule is O=C(CSc1nc2c(cnn2CCO)c(=O)[nH]1)c1ccccc1. The van der Waals surface area contributed by atoms with Gasteiger partial charge in [-0.2, -0.15) is 5.10 Å². The van der Waals surface area contributed by atoms with Gasteiger partial charge in [-0.05, 0) is 0 Å². The van der Waals surface area contributed by atoms with Crippen molar-refractivity contribution >= 4 is 28.6 Å². The van der Waals surface area contributed by atoms with E-state index in [0.29, 0.717) is 21.8 Å². The van der Waals surface area contributed by atoms with Crippen molar-refractivity contribution in [1.29, 1.82) is 0 Å². The van der Waals surface area contributed by atoms with Crippen LogP contribution in [-0.4, -0.2) is 43.0 Å². The first-order valence-corrected chi connectivity index (χ1v) is 7.95. The number of Topliss-reactive ketones (excluding diaryl/α,β-unsaturated/α-hetero) is 1. The molecule has 2 aromatic heterocycles. The van der Waals surface area contributed by atoms with Crippen LogP contribution < -0.4 is 5.56 Å². The van der Waals surface area contributed by atoms with Crippen LogP contribution in [-0.2, 0) is 6.54 Å². The number of hydrogen-bond acceptors (Lipinski definition) is 6. The number of aromatic amines is 1. The molecule has 3 rings (SSSR count). The third-order valence-electron chi connectivity index (χ3n) is 3.23. The third kappa shape index (κ3) is 3.33. The number of nitrogens with one attached hydrogen (secondary N) is 1. The maximum Gasteiger partial charge on any atom is 0.262 e. The molecule has 0 amide bonds. The molecular weight excluding hydrogens is 316 g/mol. The van der Waals surface area contributed by atoms with Gasteiger partial charge < -0.3 is 10.1 Å². The van der Waals surface area contributed by atoms with Gasteiger partial charge in [0.1, 0.15) is 5.39 Å². The molecule has 23 heavy (non-hydrogen) atoms. The van der Waals surface area contributed by atoms with E-state index in [0.717, 1.165) is 11.8 Å². The number of fused-ring (bicyclic) bond motifs is 1. The van der Waals surface area contributed by atoms with E-state index in [-0.39, 0.29) is 30.2 Å². The summed E-state index contributed by atoms with van der Waals surface area (Å²) >= 11 is 1.16. The maximum atomic E-state index is 12.1. The number of thioether (sulfide) groups is 1. The lowest BCUT2D eigenvalue weighted by Gasteiger charge is -2.03. The summed E-state index contributed by atoms with van der Waals surface area (Å²) in [7, 11) is 0. The van der Waals surface area contributed by atoms with E-state index in [1.54, 1.807) is 24.3 Å². The van der Waals surface area contributed by atoms with Crippen molar-refractivity contribution in [3.8, 4) is 0 Å². The molecule has 0 aliphatic carbocycles. The third-order valence-corrected chi connectivity index (χ3v) is 4.11. The predicted molar refractivity (Wildman–Crippen MR) is 86.7 cm³/mol. The van der Waals surface area contributed by atoms with E-state index < -0.39 is 0 Å². The minimum atomic E-state index is -0.311. The number of aliphatic hydroxyl groups excluding tert-OH is 1. The van der Waals surface area contributed by atoms with Crippen molar-refractivity contribution in [3.63, 3.8) is 0 Å². The molecule has 3 aromatic rings. The van der Waals surface area contributed by atoms with Crippen LogP contribution in [0.25, 0.3) is 11.0 Å². The second kappa shape index (κ2) is 6.76. The van der Waals surface area contributed by atoms with E-state index >= 15 is 0 Å². The van der Waals surface area contributed by atoms with Gasteiger partial charge in [0.2, 0.25) is 0 Å². The first-order chi connectivity index (χ1) is 11.2. The summed E-state index contributed by atoms with van der Waals surface area (Å²) in [6.07, 6.45) is 1.42. The number of aromatic nitrogens is 4. The zero-order valence-corrected chi connectivity index (χ0v) is 12.9. The lowest BCUT2D eigenvalue weighted by Crippen LogP contribution is -2.12. The Morgan fingerprint density at radius 1 is 1.30 bits per heavy atom. The van der Waals surface area contributed by atoms with Crippen molar-refractivity contribution in [2.24, 2.45) is 0 Å². The molecule has 2 heterocycles. The average molecular weight is 330 g/mol. The van der Waals surface area contributed by atoms with Crippen LogP contribution in [0, 0.1) is 0 Å². The summed E-state index contributed by atoms with van der Waals surface area (Å²) in [5, 5.41) is 13.8. The van der Waals surface area contributed by atoms with Crippen molar-refractivity contribution in [3.05, 3.63) is 52.4 Å². The lowest BCUT2D eigenvalue weighted by molar-refractivity contribution is 0.102. The Balaban J connectivity index is 1.82. The van der Waals surface area contributed by atoms with Gasteiger partial charge in [-0.1, -0.05) is 42.1 Å². The van der Waals surface area contributed by atoms with Crippen LogP contribution >= 0.6 is 11.8 Å². The highest BCUT2D eigenvalue weighted by Gasteiger charge is 2.12. The normalized spacial score (nSPS) is 11.0. The van der Waals surface area contributed by atoms with E-state index in [1.807, 2.05) is 6.07 Å². The van der Waals surface area contributed by atoms with E-state index in [2.05, 4.69) is 15.1 Å². The van der Waals surface area contributed by atoms with Gasteiger partial charge in [-0.3, -0.25) is 9.59 Å². The minimum Gasteiger partial charge on any atom is -0.394 e. The van der Waals surface area contributed by atoms with Crippen LogP contribution in [0.2, 0.25) is 0 Å². The first kappa shape index (κ1) is 15.4. The number of rotatable bonds is 6. The lowest BCUT2D eigenvalue weighted by atomic mass is 10.2. The standard InChI is InChI=1S/C15H14N4O3S/c20-7-6-19-13-11(8-16-19)14(22)18-15(17-13)23-9-12(21)10-4-2-1-3-5-10/h1-5,8,20H,6-7,9H2,(H,17,18,22). The van der Waals surface area contributed by atoms with Crippen LogP contribution in [0.3, 0.4) is 0 Å².